The lowest BCUT2D eigenvalue weighted by atomic mass is 10.1. The van der Waals surface area contributed by atoms with E-state index in [0.717, 1.165) is 89.3 Å². The Balaban J connectivity index is 1.45. The molecule has 0 amide bonds. The zero-order valence-electron chi connectivity index (χ0n) is 17.8. The predicted octanol–water partition coefficient (Wildman–Crippen LogP) is 3.32. The molecule has 2 heterocycles. The summed E-state index contributed by atoms with van der Waals surface area (Å²) in [4.78, 5) is 9.62. The van der Waals surface area contributed by atoms with Crippen molar-refractivity contribution < 1.29 is 9.47 Å². The lowest BCUT2D eigenvalue weighted by Crippen LogP contribution is -2.52. The van der Waals surface area contributed by atoms with E-state index in [1.807, 2.05) is 6.07 Å². The number of guanidine groups is 1. The number of piperazine rings is 1. The van der Waals surface area contributed by atoms with Gasteiger partial charge in [-0.15, -0.1) is 0 Å². The number of aliphatic imine (C=N–C) groups is 1. The molecule has 2 fully saturated rings. The number of aryl methyl sites for hydroxylation is 1. The minimum atomic E-state index is 0.365. The average Bonchev–Trinajstić information content (AvgIpc) is 2.75. The third kappa shape index (κ3) is 6.76. The van der Waals surface area contributed by atoms with E-state index in [1.165, 1.54) is 11.3 Å². The normalized spacial score (nSPS) is 18.9. The van der Waals surface area contributed by atoms with Crippen molar-refractivity contribution in [2.75, 3.05) is 64.0 Å². The quantitative estimate of drug-likeness (QED) is 0.415. The smallest absolute Gasteiger partial charge is 0.194 e. The Morgan fingerprint density at radius 1 is 1.24 bits per heavy atom. The monoisotopic (exact) mass is 422 g/mol. The fraction of sp³-hybridized carbons (Fsp3) is 0.682. The molecule has 0 radical (unpaired) electrons. The van der Waals surface area contributed by atoms with E-state index in [2.05, 4.69) is 41.1 Å². The van der Waals surface area contributed by atoms with Crippen molar-refractivity contribution in [3.8, 4) is 0 Å². The van der Waals surface area contributed by atoms with Gasteiger partial charge in [-0.3, -0.25) is 4.99 Å². The van der Waals surface area contributed by atoms with Crippen molar-refractivity contribution in [1.29, 1.82) is 0 Å². The second kappa shape index (κ2) is 11.6. The summed E-state index contributed by atoms with van der Waals surface area (Å²) in [5.74, 6) is 1.01. The summed E-state index contributed by atoms with van der Waals surface area (Å²) in [7, 11) is 0. The van der Waals surface area contributed by atoms with Gasteiger partial charge in [-0.2, -0.15) is 0 Å². The highest BCUT2D eigenvalue weighted by atomic mass is 35.5. The molecule has 7 heteroatoms. The van der Waals surface area contributed by atoms with E-state index in [9.17, 15) is 0 Å². The Labute approximate surface area is 180 Å². The summed E-state index contributed by atoms with van der Waals surface area (Å²) in [5.41, 5.74) is 2.51. The first-order valence-corrected chi connectivity index (χ1v) is 11.3. The van der Waals surface area contributed by atoms with Crippen LogP contribution in [0.2, 0.25) is 5.02 Å². The molecule has 0 saturated carbocycles. The molecule has 2 saturated heterocycles. The van der Waals surface area contributed by atoms with Gasteiger partial charge in [0.15, 0.2) is 5.96 Å². The maximum absolute atomic E-state index is 6.21. The Hall–Kier alpha value is -1.50. The van der Waals surface area contributed by atoms with Crippen LogP contribution in [0.3, 0.4) is 0 Å². The van der Waals surface area contributed by atoms with Gasteiger partial charge in [-0.1, -0.05) is 17.7 Å². The number of benzene rings is 1. The number of ether oxygens (including phenoxy) is 2. The second-order valence-corrected chi connectivity index (χ2v) is 8.11. The van der Waals surface area contributed by atoms with Crippen molar-refractivity contribution in [2.24, 2.45) is 4.99 Å². The van der Waals surface area contributed by atoms with Gasteiger partial charge in [0.05, 0.1) is 6.10 Å². The topological polar surface area (TPSA) is 49.3 Å². The van der Waals surface area contributed by atoms with Crippen LogP contribution in [0, 0.1) is 6.92 Å². The molecule has 162 valence electrons. The molecule has 2 aliphatic rings. The highest BCUT2D eigenvalue weighted by molar-refractivity contribution is 6.30. The van der Waals surface area contributed by atoms with Crippen LogP contribution >= 0.6 is 11.6 Å². The zero-order valence-corrected chi connectivity index (χ0v) is 18.6. The standard InChI is InChI=1S/C22H35ClN4O2/c1-3-24-22(25-9-4-14-29-20-7-15-28-16-8-20)27-12-10-26(11-13-27)21-17-19(23)6-5-18(21)2/h5-6,17,20H,3-4,7-16H2,1-2H3,(H,24,25). The highest BCUT2D eigenvalue weighted by Crippen LogP contribution is 2.25. The Morgan fingerprint density at radius 3 is 2.72 bits per heavy atom. The number of nitrogens with one attached hydrogen (secondary N) is 1. The first-order chi connectivity index (χ1) is 14.2. The van der Waals surface area contributed by atoms with Crippen molar-refractivity contribution in [3.63, 3.8) is 0 Å². The molecule has 0 aliphatic carbocycles. The number of halogens is 1. The Bertz CT molecular complexity index is 656. The number of hydrogen-bond donors (Lipinski definition) is 1. The molecule has 1 N–H and O–H groups in total. The van der Waals surface area contributed by atoms with Crippen LogP contribution in [0.25, 0.3) is 0 Å². The maximum Gasteiger partial charge on any atom is 0.194 e. The summed E-state index contributed by atoms with van der Waals surface area (Å²) >= 11 is 6.21. The van der Waals surface area contributed by atoms with Gasteiger partial charge in [-0.05, 0) is 50.8 Å². The molecule has 0 bridgehead atoms. The summed E-state index contributed by atoms with van der Waals surface area (Å²) in [6.45, 7) is 12.2. The molecule has 6 nitrogen and oxygen atoms in total. The fourth-order valence-corrected chi connectivity index (χ4v) is 4.02. The molecule has 0 unspecified atom stereocenters. The molecule has 1 aromatic carbocycles. The first-order valence-electron chi connectivity index (χ1n) is 10.9. The van der Waals surface area contributed by atoms with E-state index < -0.39 is 0 Å². The Morgan fingerprint density at radius 2 is 2.00 bits per heavy atom. The van der Waals surface area contributed by atoms with E-state index in [-0.39, 0.29) is 0 Å². The molecule has 0 atom stereocenters. The Kier molecular flexibility index (Phi) is 8.90. The molecule has 0 aromatic heterocycles. The van der Waals surface area contributed by atoms with Gasteiger partial charge in [0, 0.05) is 69.8 Å². The lowest BCUT2D eigenvalue weighted by Gasteiger charge is -2.38. The number of hydrogen-bond acceptors (Lipinski definition) is 4. The molecule has 1 aromatic rings. The minimum Gasteiger partial charge on any atom is -0.381 e. The van der Waals surface area contributed by atoms with Crippen LogP contribution in [0.15, 0.2) is 23.2 Å². The van der Waals surface area contributed by atoms with Gasteiger partial charge in [0.2, 0.25) is 0 Å². The van der Waals surface area contributed by atoms with Crippen molar-refractivity contribution in [1.82, 2.24) is 10.2 Å². The van der Waals surface area contributed by atoms with E-state index in [0.29, 0.717) is 6.10 Å². The zero-order chi connectivity index (χ0) is 20.5. The molecule has 2 aliphatic heterocycles. The first kappa shape index (κ1) is 22.2. The number of nitrogens with zero attached hydrogens (tertiary/aromatic N) is 3. The largest absolute Gasteiger partial charge is 0.381 e. The van der Waals surface area contributed by atoms with E-state index >= 15 is 0 Å². The summed E-state index contributed by atoms with van der Waals surface area (Å²) in [5, 5.41) is 4.24. The summed E-state index contributed by atoms with van der Waals surface area (Å²) < 4.78 is 11.3. The SMILES string of the molecule is CCNC(=NCCCOC1CCOCC1)N1CCN(c2cc(Cl)ccc2C)CC1. The van der Waals surface area contributed by atoms with Gasteiger partial charge >= 0.3 is 0 Å². The van der Waals surface area contributed by atoms with Crippen LogP contribution in [0.5, 0.6) is 0 Å². The number of rotatable bonds is 7. The summed E-state index contributed by atoms with van der Waals surface area (Å²) in [6, 6.07) is 6.13. The molecule has 3 rings (SSSR count). The van der Waals surface area contributed by atoms with Gasteiger partial charge in [-0.25, -0.2) is 0 Å². The average molecular weight is 423 g/mol. The van der Waals surface area contributed by atoms with Crippen molar-refractivity contribution in [3.05, 3.63) is 28.8 Å². The molecular weight excluding hydrogens is 388 g/mol. The van der Waals surface area contributed by atoms with Gasteiger partial charge in [0.25, 0.3) is 0 Å². The fourth-order valence-electron chi connectivity index (χ4n) is 3.85. The van der Waals surface area contributed by atoms with Crippen molar-refractivity contribution in [2.45, 2.75) is 39.2 Å². The van der Waals surface area contributed by atoms with Gasteiger partial charge < -0.3 is 24.6 Å². The third-order valence-electron chi connectivity index (χ3n) is 5.51. The van der Waals surface area contributed by atoms with Crippen LogP contribution in [-0.2, 0) is 9.47 Å². The third-order valence-corrected chi connectivity index (χ3v) is 5.75. The van der Waals surface area contributed by atoms with Gasteiger partial charge in [0.1, 0.15) is 0 Å². The van der Waals surface area contributed by atoms with Crippen molar-refractivity contribution >= 4 is 23.2 Å². The van der Waals surface area contributed by atoms with E-state index in [4.69, 9.17) is 26.1 Å². The van der Waals surface area contributed by atoms with Crippen LogP contribution in [-0.4, -0.2) is 76.1 Å². The second-order valence-electron chi connectivity index (χ2n) is 7.68. The molecular formula is C22H35ClN4O2. The minimum absolute atomic E-state index is 0.365. The van der Waals surface area contributed by atoms with Crippen LogP contribution in [0.4, 0.5) is 5.69 Å². The highest BCUT2D eigenvalue weighted by Gasteiger charge is 2.21. The predicted molar refractivity (Wildman–Crippen MR) is 120 cm³/mol. The van der Waals surface area contributed by atoms with Crippen LogP contribution in [0.1, 0.15) is 31.7 Å². The molecule has 0 spiro atoms. The lowest BCUT2D eigenvalue weighted by molar-refractivity contribution is -0.0318. The number of anilines is 1. The van der Waals surface area contributed by atoms with E-state index in [1.54, 1.807) is 0 Å². The summed E-state index contributed by atoms with van der Waals surface area (Å²) in [6.07, 6.45) is 3.35. The molecule has 29 heavy (non-hydrogen) atoms. The van der Waals surface area contributed by atoms with Crippen LogP contribution < -0.4 is 10.2 Å². The maximum atomic E-state index is 6.21.